The first-order chi connectivity index (χ1) is 8.42. The van der Waals surface area contributed by atoms with Crippen LogP contribution in [0.4, 0.5) is 0 Å². The largest absolute Gasteiger partial charge is 0.492 e. The summed E-state index contributed by atoms with van der Waals surface area (Å²) in [4.78, 5) is 3.99. The summed E-state index contributed by atoms with van der Waals surface area (Å²) in [5, 5.41) is 3.33. The van der Waals surface area contributed by atoms with E-state index < -0.39 is 0 Å². The van der Waals surface area contributed by atoms with Crippen molar-refractivity contribution in [3.8, 4) is 5.75 Å². The summed E-state index contributed by atoms with van der Waals surface area (Å²) < 4.78 is 7.74. The average molecular weight is 229 g/mol. The molecule has 4 heteroatoms. The summed E-state index contributed by atoms with van der Waals surface area (Å²) in [7, 11) is 0. The molecule has 0 saturated heterocycles. The van der Waals surface area contributed by atoms with Gasteiger partial charge in [0.05, 0.1) is 12.9 Å². The third-order valence-electron chi connectivity index (χ3n) is 2.99. The van der Waals surface area contributed by atoms with Crippen molar-refractivity contribution in [1.82, 2.24) is 14.9 Å². The zero-order valence-corrected chi connectivity index (χ0v) is 9.60. The summed E-state index contributed by atoms with van der Waals surface area (Å²) in [6, 6.07) is 6.31. The second-order valence-electron chi connectivity index (χ2n) is 4.18. The number of ether oxygens (including phenoxy) is 1. The van der Waals surface area contributed by atoms with Crippen LogP contribution >= 0.6 is 0 Å². The summed E-state index contributed by atoms with van der Waals surface area (Å²) in [5.74, 6) is 0.951. The maximum atomic E-state index is 5.73. The van der Waals surface area contributed by atoms with Crippen molar-refractivity contribution in [2.75, 3.05) is 6.61 Å². The van der Waals surface area contributed by atoms with Crippen LogP contribution in [0.5, 0.6) is 5.75 Å². The minimum atomic E-state index is 0.669. The molecule has 0 unspecified atom stereocenters. The number of fused-ring (bicyclic) bond motifs is 1. The fourth-order valence-electron chi connectivity index (χ4n) is 2.05. The van der Waals surface area contributed by atoms with Crippen molar-refractivity contribution in [2.24, 2.45) is 0 Å². The SMILES string of the molecule is c1cn(CCOc2ccc3c(c2)CNC3)cn1. The molecule has 4 nitrogen and oxygen atoms in total. The maximum absolute atomic E-state index is 5.73. The third kappa shape index (κ3) is 2.31. The van der Waals surface area contributed by atoms with E-state index in [1.165, 1.54) is 11.1 Å². The molecule has 3 rings (SSSR count). The molecule has 0 fully saturated rings. The number of aromatic nitrogens is 2. The molecule has 1 N–H and O–H groups in total. The van der Waals surface area contributed by atoms with Gasteiger partial charge in [-0.1, -0.05) is 6.07 Å². The monoisotopic (exact) mass is 229 g/mol. The van der Waals surface area contributed by atoms with Crippen molar-refractivity contribution in [1.29, 1.82) is 0 Å². The molecule has 1 aromatic carbocycles. The second kappa shape index (κ2) is 4.59. The molecule has 0 saturated carbocycles. The lowest BCUT2D eigenvalue weighted by Gasteiger charge is -2.08. The third-order valence-corrected chi connectivity index (χ3v) is 2.99. The average Bonchev–Trinajstić information content (AvgIpc) is 2.98. The van der Waals surface area contributed by atoms with Gasteiger partial charge >= 0.3 is 0 Å². The Bertz CT molecular complexity index is 493. The van der Waals surface area contributed by atoms with Crippen LogP contribution in [-0.4, -0.2) is 16.2 Å². The fourth-order valence-corrected chi connectivity index (χ4v) is 2.05. The molecule has 0 amide bonds. The minimum absolute atomic E-state index is 0.669. The highest BCUT2D eigenvalue weighted by molar-refractivity contribution is 5.37. The van der Waals surface area contributed by atoms with Crippen molar-refractivity contribution in [3.63, 3.8) is 0 Å². The van der Waals surface area contributed by atoms with E-state index in [9.17, 15) is 0 Å². The molecular formula is C13H15N3O. The van der Waals surface area contributed by atoms with Crippen LogP contribution in [0, 0.1) is 0 Å². The van der Waals surface area contributed by atoms with Crippen molar-refractivity contribution >= 4 is 0 Å². The summed E-state index contributed by atoms with van der Waals surface area (Å²) >= 11 is 0. The molecule has 0 atom stereocenters. The molecule has 0 radical (unpaired) electrons. The van der Waals surface area contributed by atoms with Crippen LogP contribution in [0.2, 0.25) is 0 Å². The van der Waals surface area contributed by atoms with Crippen molar-refractivity contribution < 1.29 is 4.74 Å². The van der Waals surface area contributed by atoms with Crippen LogP contribution < -0.4 is 10.1 Å². The number of imidazole rings is 1. The van der Waals surface area contributed by atoms with E-state index in [2.05, 4.69) is 22.4 Å². The van der Waals surface area contributed by atoms with E-state index in [1.54, 1.807) is 12.5 Å². The van der Waals surface area contributed by atoms with Gasteiger partial charge in [0.1, 0.15) is 12.4 Å². The zero-order valence-electron chi connectivity index (χ0n) is 9.60. The van der Waals surface area contributed by atoms with Gasteiger partial charge in [-0.2, -0.15) is 0 Å². The highest BCUT2D eigenvalue weighted by atomic mass is 16.5. The molecule has 1 aliphatic heterocycles. The Kier molecular flexibility index (Phi) is 2.80. The quantitative estimate of drug-likeness (QED) is 0.865. The Morgan fingerprint density at radius 3 is 3.12 bits per heavy atom. The van der Waals surface area contributed by atoms with Crippen molar-refractivity contribution in [3.05, 3.63) is 48.0 Å². The van der Waals surface area contributed by atoms with Gasteiger partial charge in [-0.05, 0) is 23.3 Å². The highest BCUT2D eigenvalue weighted by Gasteiger charge is 2.10. The second-order valence-corrected chi connectivity index (χ2v) is 4.18. The zero-order chi connectivity index (χ0) is 11.5. The van der Waals surface area contributed by atoms with Gasteiger partial charge in [0.25, 0.3) is 0 Å². The van der Waals surface area contributed by atoms with E-state index in [0.717, 1.165) is 25.4 Å². The summed E-state index contributed by atoms with van der Waals surface area (Å²) in [6.07, 6.45) is 5.52. The lowest BCUT2D eigenvalue weighted by atomic mass is 10.1. The van der Waals surface area contributed by atoms with Gasteiger partial charge in [-0.15, -0.1) is 0 Å². The Labute approximate surface area is 100 Å². The maximum Gasteiger partial charge on any atom is 0.119 e. The van der Waals surface area contributed by atoms with Crippen molar-refractivity contribution in [2.45, 2.75) is 19.6 Å². The van der Waals surface area contributed by atoms with Gasteiger partial charge in [-0.3, -0.25) is 0 Å². The van der Waals surface area contributed by atoms with Gasteiger partial charge in [0.2, 0.25) is 0 Å². The van der Waals surface area contributed by atoms with Crippen LogP contribution in [0.15, 0.2) is 36.9 Å². The molecular weight excluding hydrogens is 214 g/mol. The van der Waals surface area contributed by atoms with E-state index >= 15 is 0 Å². The highest BCUT2D eigenvalue weighted by Crippen LogP contribution is 2.21. The molecule has 0 aliphatic carbocycles. The molecule has 2 heterocycles. The number of hydrogen-bond acceptors (Lipinski definition) is 3. The van der Waals surface area contributed by atoms with Crippen LogP contribution in [0.25, 0.3) is 0 Å². The lowest BCUT2D eigenvalue weighted by molar-refractivity contribution is 0.298. The van der Waals surface area contributed by atoms with Crippen LogP contribution in [0.3, 0.4) is 0 Å². The first kappa shape index (κ1) is 10.4. The standard InChI is InChI=1S/C13H15N3O/c1-2-13(7-12-9-15-8-11(1)12)17-6-5-16-4-3-14-10-16/h1-4,7,10,15H,5-6,8-9H2. The first-order valence-corrected chi connectivity index (χ1v) is 5.83. The number of nitrogens with zero attached hydrogens (tertiary/aromatic N) is 2. The first-order valence-electron chi connectivity index (χ1n) is 5.83. The molecule has 2 aromatic rings. The summed E-state index contributed by atoms with van der Waals surface area (Å²) in [6.45, 7) is 3.43. The molecule has 88 valence electrons. The molecule has 0 spiro atoms. The van der Waals surface area contributed by atoms with Gasteiger partial charge < -0.3 is 14.6 Å². The predicted molar refractivity (Wildman–Crippen MR) is 64.7 cm³/mol. The molecule has 0 bridgehead atoms. The lowest BCUT2D eigenvalue weighted by Crippen LogP contribution is -2.06. The number of nitrogens with one attached hydrogen (secondary N) is 1. The number of rotatable bonds is 4. The minimum Gasteiger partial charge on any atom is -0.492 e. The summed E-state index contributed by atoms with van der Waals surface area (Å²) in [5.41, 5.74) is 2.73. The van der Waals surface area contributed by atoms with Gasteiger partial charge in [-0.25, -0.2) is 4.98 Å². The molecule has 17 heavy (non-hydrogen) atoms. The predicted octanol–water partition coefficient (Wildman–Crippen LogP) is 1.57. The van der Waals surface area contributed by atoms with E-state index in [4.69, 9.17) is 4.74 Å². The van der Waals surface area contributed by atoms with Crippen LogP contribution in [-0.2, 0) is 19.6 Å². The molecule has 1 aromatic heterocycles. The van der Waals surface area contributed by atoms with E-state index in [-0.39, 0.29) is 0 Å². The Morgan fingerprint density at radius 1 is 1.29 bits per heavy atom. The fraction of sp³-hybridized carbons (Fsp3) is 0.308. The number of hydrogen-bond donors (Lipinski definition) is 1. The van der Waals surface area contributed by atoms with E-state index in [1.807, 2.05) is 16.8 Å². The number of benzene rings is 1. The molecule has 1 aliphatic rings. The Balaban J connectivity index is 1.58. The van der Waals surface area contributed by atoms with E-state index in [0.29, 0.717) is 6.61 Å². The van der Waals surface area contributed by atoms with Gasteiger partial charge in [0.15, 0.2) is 0 Å². The Hall–Kier alpha value is -1.81. The Morgan fingerprint density at radius 2 is 2.24 bits per heavy atom. The topological polar surface area (TPSA) is 39.1 Å². The van der Waals surface area contributed by atoms with Gasteiger partial charge in [0, 0.05) is 25.5 Å². The van der Waals surface area contributed by atoms with Crippen LogP contribution in [0.1, 0.15) is 11.1 Å². The normalized spacial score (nSPS) is 13.6. The smallest absolute Gasteiger partial charge is 0.119 e.